The highest BCUT2D eigenvalue weighted by atomic mass is 32.2. The minimum Gasteiger partial charge on any atom is -0.481 e. The Morgan fingerprint density at radius 3 is 2.56 bits per heavy atom. The van der Waals surface area contributed by atoms with E-state index in [0.29, 0.717) is 53.8 Å². The maximum atomic E-state index is 13.4. The fourth-order valence-electron chi connectivity index (χ4n) is 4.83. The molecule has 0 bridgehead atoms. The summed E-state index contributed by atoms with van der Waals surface area (Å²) in [4.78, 5) is 11.0. The zero-order valence-corrected chi connectivity index (χ0v) is 23.1. The highest BCUT2D eigenvalue weighted by molar-refractivity contribution is 7.93. The van der Waals surface area contributed by atoms with Crippen LogP contribution < -0.4 is 9.64 Å². The first-order valence-electron chi connectivity index (χ1n) is 13.0. The normalized spacial score (nSPS) is 14.6. The number of ether oxygens (including phenoxy) is 1. The topological polar surface area (TPSA) is 147 Å². The fourth-order valence-corrected chi connectivity index (χ4v) is 6.72. The Labute approximate surface area is 236 Å². The molecule has 1 saturated heterocycles. The molecule has 1 aliphatic rings. The molecule has 208 valence electrons. The number of hydrogen-bond acceptors (Lipinski definition) is 10. The van der Waals surface area contributed by atoms with E-state index in [-0.39, 0.29) is 6.61 Å². The molecule has 5 aromatic heterocycles. The monoisotopic (exact) mass is 569 g/mol. The van der Waals surface area contributed by atoms with Crippen LogP contribution >= 0.6 is 0 Å². The molecule has 0 spiro atoms. The van der Waals surface area contributed by atoms with Gasteiger partial charge < -0.3 is 14.7 Å². The molecule has 0 unspecified atom stereocenters. The molecule has 1 aliphatic heterocycles. The molecule has 0 saturated carbocycles. The number of anilines is 1. The van der Waals surface area contributed by atoms with Crippen LogP contribution in [0.5, 0.6) is 5.88 Å². The van der Waals surface area contributed by atoms with Crippen LogP contribution in [0.3, 0.4) is 0 Å². The summed E-state index contributed by atoms with van der Waals surface area (Å²) in [6.45, 7) is 1.53. The number of hydrogen-bond donors (Lipinski definition) is 1. The maximum Gasteiger partial charge on any atom is 0.213 e. The van der Waals surface area contributed by atoms with Crippen LogP contribution in [0.4, 0.5) is 11.5 Å². The lowest BCUT2D eigenvalue weighted by atomic mass is 10.0. The van der Waals surface area contributed by atoms with E-state index in [0.717, 1.165) is 28.1 Å². The Morgan fingerprint density at radius 2 is 1.88 bits per heavy atom. The van der Waals surface area contributed by atoms with Gasteiger partial charge in [-0.2, -0.15) is 19.8 Å². The Balaban J connectivity index is 1.26. The molecule has 12 nitrogen and oxygen atoms in total. The van der Waals surface area contributed by atoms with Gasteiger partial charge in [-0.25, -0.2) is 18.7 Å². The summed E-state index contributed by atoms with van der Waals surface area (Å²) >= 11 is 0. The van der Waals surface area contributed by atoms with Crippen molar-refractivity contribution in [2.45, 2.75) is 6.54 Å². The number of nitrogens with zero attached hydrogens (tertiary/aromatic N) is 9. The number of rotatable bonds is 7. The summed E-state index contributed by atoms with van der Waals surface area (Å²) in [6, 6.07) is 11.6. The average Bonchev–Trinajstić information content (AvgIpc) is 3.65. The molecule has 1 fully saturated rings. The molecule has 0 aliphatic carbocycles. The first-order chi connectivity index (χ1) is 20.0. The van der Waals surface area contributed by atoms with Crippen molar-refractivity contribution in [1.29, 1.82) is 5.26 Å². The Hall–Kier alpha value is -4.80. The van der Waals surface area contributed by atoms with Gasteiger partial charge in [0.25, 0.3) is 0 Å². The number of aliphatic hydroxyl groups excluding tert-OH is 1. The molecule has 5 aromatic rings. The van der Waals surface area contributed by atoms with Crippen molar-refractivity contribution in [3.8, 4) is 34.2 Å². The Kier molecular flexibility index (Phi) is 7.08. The summed E-state index contributed by atoms with van der Waals surface area (Å²) in [5, 5.41) is 27.7. The van der Waals surface area contributed by atoms with Crippen LogP contribution in [0.2, 0.25) is 0 Å². The predicted molar refractivity (Wildman–Crippen MR) is 154 cm³/mol. The lowest BCUT2D eigenvalue weighted by Gasteiger charge is -2.29. The number of aliphatic hydroxyl groups is 1. The summed E-state index contributed by atoms with van der Waals surface area (Å²) in [5.74, 6) is 2.13. The Bertz CT molecular complexity index is 1850. The maximum absolute atomic E-state index is 13.4. The van der Waals surface area contributed by atoms with Crippen LogP contribution in [0.1, 0.15) is 5.56 Å². The van der Waals surface area contributed by atoms with Crippen molar-refractivity contribution >= 4 is 26.8 Å². The molecule has 6 rings (SSSR count). The molecule has 0 atom stereocenters. The summed E-state index contributed by atoms with van der Waals surface area (Å²) in [6.07, 6.45) is 10.4. The molecular weight excluding hydrogens is 542 g/mol. The Morgan fingerprint density at radius 1 is 1.02 bits per heavy atom. The van der Waals surface area contributed by atoms with Crippen molar-refractivity contribution in [3.05, 3.63) is 73.1 Å². The van der Waals surface area contributed by atoms with Gasteiger partial charge in [-0.15, -0.1) is 0 Å². The minimum atomic E-state index is -2.40. The van der Waals surface area contributed by atoms with Gasteiger partial charge in [0.15, 0.2) is 0 Å². The third kappa shape index (κ3) is 5.34. The number of aromatic nitrogens is 6. The van der Waals surface area contributed by atoms with Crippen LogP contribution in [0.15, 0.2) is 71.9 Å². The largest absolute Gasteiger partial charge is 0.481 e. The highest BCUT2D eigenvalue weighted by Crippen LogP contribution is 2.32. The predicted octanol–water partition coefficient (Wildman–Crippen LogP) is 3.15. The molecule has 41 heavy (non-hydrogen) atoms. The smallest absolute Gasteiger partial charge is 0.213 e. The van der Waals surface area contributed by atoms with Crippen LogP contribution in [0, 0.1) is 11.3 Å². The quantitative estimate of drug-likeness (QED) is 0.312. The number of pyridine rings is 3. The minimum absolute atomic E-state index is 0.00282. The zero-order chi connectivity index (χ0) is 28.4. The fraction of sp³-hybridized carbons (Fsp3) is 0.250. The second-order valence-corrected chi connectivity index (χ2v) is 12.1. The van der Waals surface area contributed by atoms with Gasteiger partial charge >= 0.3 is 0 Å². The van der Waals surface area contributed by atoms with Crippen molar-refractivity contribution in [2.24, 2.45) is 4.36 Å². The number of nitriles is 1. The third-order valence-corrected chi connectivity index (χ3v) is 9.16. The van der Waals surface area contributed by atoms with Gasteiger partial charge in [0.2, 0.25) is 5.88 Å². The van der Waals surface area contributed by atoms with Crippen molar-refractivity contribution in [1.82, 2.24) is 29.4 Å². The molecular formula is C28H27N9O3S. The number of methoxy groups -OCH3 is 1. The lowest BCUT2D eigenvalue weighted by Crippen LogP contribution is -2.40. The van der Waals surface area contributed by atoms with Crippen LogP contribution in [-0.2, 0) is 16.3 Å². The molecule has 13 heteroatoms. The van der Waals surface area contributed by atoms with E-state index < -0.39 is 9.73 Å². The standard InChI is InChI=1S/C28H27N9O3S/c1-40-27-5-3-24(17-31-27)34-41(39)10-7-35(8-11-41)26-4-2-20(14-30-26)25-12-21(23-16-32-36(18-23)6-9-38)19-37-28(25)22(13-29)15-33-37/h2-5,12,14-19,38H,6-11H2,1H3. The van der Waals surface area contributed by atoms with Crippen molar-refractivity contribution < 1.29 is 14.1 Å². The summed E-state index contributed by atoms with van der Waals surface area (Å²) in [5.41, 5.74) is 5.14. The summed E-state index contributed by atoms with van der Waals surface area (Å²) in [7, 11) is -0.852. The second kappa shape index (κ2) is 11.0. The highest BCUT2D eigenvalue weighted by Gasteiger charge is 2.22. The van der Waals surface area contributed by atoms with Gasteiger partial charge in [0.05, 0.1) is 65.3 Å². The van der Waals surface area contributed by atoms with E-state index in [9.17, 15) is 14.6 Å². The SMILES string of the molecule is COc1ccc(N=S2(=O)CCN(c3ccc(-c4cc(-c5cnn(CCO)c5)cn5ncc(C#N)c45)cn3)CC2)cn1. The molecule has 0 aromatic carbocycles. The first kappa shape index (κ1) is 26.4. The van der Waals surface area contributed by atoms with Gasteiger partial charge in [-0.05, 0) is 24.3 Å². The number of fused-ring (bicyclic) bond motifs is 1. The molecule has 0 amide bonds. The van der Waals surface area contributed by atoms with Crippen LogP contribution in [0.25, 0.3) is 27.8 Å². The first-order valence-corrected chi connectivity index (χ1v) is 14.8. The second-order valence-electron chi connectivity index (χ2n) is 9.54. The third-order valence-electron chi connectivity index (χ3n) is 6.97. The van der Waals surface area contributed by atoms with Gasteiger partial charge in [0, 0.05) is 71.5 Å². The van der Waals surface area contributed by atoms with Gasteiger partial charge in [-0.3, -0.25) is 4.68 Å². The van der Waals surface area contributed by atoms with E-state index in [1.54, 1.807) is 53.2 Å². The lowest BCUT2D eigenvalue weighted by molar-refractivity contribution is 0.269. The molecule has 6 heterocycles. The van der Waals surface area contributed by atoms with E-state index in [2.05, 4.69) is 30.5 Å². The van der Waals surface area contributed by atoms with Gasteiger partial charge in [-0.1, -0.05) is 0 Å². The average molecular weight is 570 g/mol. The van der Waals surface area contributed by atoms with E-state index >= 15 is 0 Å². The van der Waals surface area contributed by atoms with Crippen molar-refractivity contribution in [3.63, 3.8) is 0 Å². The molecule has 0 radical (unpaired) electrons. The van der Waals surface area contributed by atoms with Crippen LogP contribution in [-0.4, -0.2) is 77.0 Å². The van der Waals surface area contributed by atoms with Gasteiger partial charge in [0.1, 0.15) is 11.9 Å². The van der Waals surface area contributed by atoms with Crippen molar-refractivity contribution in [2.75, 3.05) is 43.2 Å². The van der Waals surface area contributed by atoms with E-state index in [1.165, 1.54) is 0 Å². The molecule has 1 N–H and O–H groups in total. The summed E-state index contributed by atoms with van der Waals surface area (Å²) < 4.78 is 26.3. The van der Waals surface area contributed by atoms with E-state index in [4.69, 9.17) is 9.72 Å². The zero-order valence-electron chi connectivity index (χ0n) is 22.3. The van der Waals surface area contributed by atoms with E-state index in [1.807, 2.05) is 30.6 Å².